The summed E-state index contributed by atoms with van der Waals surface area (Å²) in [5.74, 6) is 1.06. The second-order valence-electron chi connectivity index (χ2n) is 7.32. The van der Waals surface area contributed by atoms with Crippen LogP contribution in [0.2, 0.25) is 0 Å². The Labute approximate surface area is 188 Å². The molecule has 0 aliphatic heterocycles. The summed E-state index contributed by atoms with van der Waals surface area (Å²) in [6, 6.07) is 19.7. The van der Waals surface area contributed by atoms with Gasteiger partial charge in [0.1, 0.15) is 23.4 Å². The number of benzene rings is 3. The van der Waals surface area contributed by atoms with E-state index in [1.807, 2.05) is 49.4 Å². The first-order valence-corrected chi connectivity index (χ1v) is 10.2. The molecule has 1 atom stereocenters. The Bertz CT molecular complexity index is 1060. The second kappa shape index (κ2) is 10.3. The van der Waals surface area contributed by atoms with Crippen LogP contribution in [0.5, 0.6) is 11.5 Å². The van der Waals surface area contributed by atoms with E-state index in [-0.39, 0.29) is 11.7 Å². The minimum absolute atomic E-state index is 0.0123. The standard InChI is InChI=1S/C25H28N4O3/c1-16-21(31-2)13-19(14-22(16)32-3)23(25(30)28-15-17-7-5-4-6-8-17)29-20-11-9-18(10-12-20)24(26)27/h4-14,23,29H,15H2,1-3H3,(H3,26,27)(H,28,30). The van der Waals surface area contributed by atoms with Crippen LogP contribution < -0.4 is 25.8 Å². The summed E-state index contributed by atoms with van der Waals surface area (Å²) in [6.45, 7) is 2.31. The molecule has 3 aromatic rings. The van der Waals surface area contributed by atoms with Gasteiger partial charge in [0, 0.05) is 23.4 Å². The first-order valence-electron chi connectivity index (χ1n) is 10.2. The summed E-state index contributed by atoms with van der Waals surface area (Å²) >= 11 is 0. The molecule has 5 N–H and O–H groups in total. The van der Waals surface area contributed by atoms with Crippen molar-refractivity contribution in [3.8, 4) is 11.5 Å². The molecule has 0 radical (unpaired) electrons. The predicted molar refractivity (Wildman–Crippen MR) is 126 cm³/mol. The third-order valence-corrected chi connectivity index (χ3v) is 5.19. The maximum absolute atomic E-state index is 13.3. The molecule has 0 saturated carbocycles. The molecular weight excluding hydrogens is 404 g/mol. The number of amides is 1. The third kappa shape index (κ3) is 5.37. The molecule has 0 fully saturated rings. The molecule has 7 nitrogen and oxygen atoms in total. The van der Waals surface area contributed by atoms with Crippen LogP contribution in [0.25, 0.3) is 0 Å². The Hall–Kier alpha value is -4.00. The summed E-state index contributed by atoms with van der Waals surface area (Å²) in [4.78, 5) is 13.3. The van der Waals surface area contributed by atoms with Crippen LogP contribution in [0, 0.1) is 12.3 Å². The summed E-state index contributed by atoms with van der Waals surface area (Å²) in [7, 11) is 3.17. The van der Waals surface area contributed by atoms with E-state index < -0.39 is 6.04 Å². The number of methoxy groups -OCH3 is 2. The molecule has 0 bridgehead atoms. The minimum atomic E-state index is -0.703. The zero-order chi connectivity index (χ0) is 23.1. The lowest BCUT2D eigenvalue weighted by atomic mass is 10.0. The summed E-state index contributed by atoms with van der Waals surface area (Å²) in [5.41, 5.74) is 9.43. The number of rotatable bonds is 9. The monoisotopic (exact) mass is 432 g/mol. The fourth-order valence-corrected chi connectivity index (χ4v) is 3.37. The molecule has 1 unspecified atom stereocenters. The van der Waals surface area contributed by atoms with E-state index in [0.29, 0.717) is 34.9 Å². The smallest absolute Gasteiger partial charge is 0.247 e. The van der Waals surface area contributed by atoms with Gasteiger partial charge < -0.3 is 25.8 Å². The van der Waals surface area contributed by atoms with Crippen molar-refractivity contribution in [3.63, 3.8) is 0 Å². The van der Waals surface area contributed by atoms with E-state index in [1.54, 1.807) is 38.5 Å². The van der Waals surface area contributed by atoms with Gasteiger partial charge in [-0.15, -0.1) is 0 Å². The molecule has 3 aromatic carbocycles. The van der Waals surface area contributed by atoms with E-state index in [2.05, 4.69) is 10.6 Å². The average molecular weight is 433 g/mol. The quantitative estimate of drug-likeness (QED) is 0.304. The van der Waals surface area contributed by atoms with Gasteiger partial charge in [-0.1, -0.05) is 30.3 Å². The van der Waals surface area contributed by atoms with Crippen molar-refractivity contribution in [3.05, 3.63) is 89.0 Å². The Morgan fingerprint density at radius 2 is 1.59 bits per heavy atom. The summed E-state index contributed by atoms with van der Waals surface area (Å²) in [5, 5.41) is 13.8. The van der Waals surface area contributed by atoms with Crippen LogP contribution in [0.4, 0.5) is 5.69 Å². The number of hydrogen-bond donors (Lipinski definition) is 4. The number of carbonyl (C=O) groups is 1. The highest BCUT2D eigenvalue weighted by Crippen LogP contribution is 2.33. The number of carbonyl (C=O) groups excluding carboxylic acids is 1. The number of hydrogen-bond acceptors (Lipinski definition) is 5. The molecule has 0 aliphatic rings. The Morgan fingerprint density at radius 3 is 2.12 bits per heavy atom. The van der Waals surface area contributed by atoms with Crippen molar-refractivity contribution < 1.29 is 14.3 Å². The number of nitrogens with two attached hydrogens (primary N) is 1. The van der Waals surface area contributed by atoms with Gasteiger partial charge in [0.2, 0.25) is 5.91 Å². The SMILES string of the molecule is COc1cc(C(Nc2ccc(C(=N)N)cc2)C(=O)NCc2ccccc2)cc(OC)c1C. The number of amidine groups is 1. The lowest BCUT2D eigenvalue weighted by molar-refractivity contribution is -0.122. The second-order valence-corrected chi connectivity index (χ2v) is 7.32. The molecular formula is C25H28N4O3. The van der Waals surface area contributed by atoms with E-state index in [0.717, 1.165) is 11.1 Å². The Morgan fingerprint density at radius 1 is 1.00 bits per heavy atom. The largest absolute Gasteiger partial charge is 0.496 e. The van der Waals surface area contributed by atoms with Crippen molar-refractivity contribution in [2.24, 2.45) is 5.73 Å². The van der Waals surface area contributed by atoms with Gasteiger partial charge in [0.25, 0.3) is 0 Å². The normalized spacial score (nSPS) is 11.3. The van der Waals surface area contributed by atoms with Gasteiger partial charge in [-0.2, -0.15) is 0 Å². The molecule has 0 aromatic heterocycles. The Balaban J connectivity index is 1.93. The van der Waals surface area contributed by atoms with Crippen molar-refractivity contribution in [2.75, 3.05) is 19.5 Å². The van der Waals surface area contributed by atoms with Crippen molar-refractivity contribution >= 4 is 17.4 Å². The fourth-order valence-electron chi connectivity index (χ4n) is 3.37. The lowest BCUT2D eigenvalue weighted by Gasteiger charge is -2.22. The van der Waals surface area contributed by atoms with Crippen LogP contribution in [-0.2, 0) is 11.3 Å². The number of nitrogen functional groups attached to an aromatic ring is 1. The highest BCUT2D eigenvalue weighted by atomic mass is 16.5. The van der Waals surface area contributed by atoms with Gasteiger partial charge in [-0.25, -0.2) is 0 Å². The van der Waals surface area contributed by atoms with Crippen LogP contribution in [-0.4, -0.2) is 26.0 Å². The van der Waals surface area contributed by atoms with Gasteiger partial charge in [0.05, 0.1) is 14.2 Å². The predicted octanol–water partition coefficient (Wildman–Crippen LogP) is 3.77. The number of anilines is 1. The minimum Gasteiger partial charge on any atom is -0.496 e. The van der Waals surface area contributed by atoms with Gasteiger partial charge >= 0.3 is 0 Å². The van der Waals surface area contributed by atoms with E-state index in [9.17, 15) is 4.79 Å². The molecule has 0 aliphatic carbocycles. The molecule has 32 heavy (non-hydrogen) atoms. The van der Waals surface area contributed by atoms with Crippen LogP contribution in [0.1, 0.15) is 28.3 Å². The zero-order valence-electron chi connectivity index (χ0n) is 18.4. The maximum Gasteiger partial charge on any atom is 0.247 e. The Kier molecular flexibility index (Phi) is 7.33. The van der Waals surface area contributed by atoms with Crippen LogP contribution in [0.3, 0.4) is 0 Å². The molecule has 3 rings (SSSR count). The van der Waals surface area contributed by atoms with Crippen molar-refractivity contribution in [1.82, 2.24) is 5.32 Å². The summed E-state index contributed by atoms with van der Waals surface area (Å²) < 4.78 is 11.0. The van der Waals surface area contributed by atoms with Crippen LogP contribution in [0.15, 0.2) is 66.7 Å². The fraction of sp³-hybridized carbons (Fsp3) is 0.200. The molecule has 0 heterocycles. The molecule has 7 heteroatoms. The van der Waals surface area contributed by atoms with Gasteiger partial charge in [0.15, 0.2) is 0 Å². The third-order valence-electron chi connectivity index (χ3n) is 5.19. The molecule has 0 spiro atoms. The van der Waals surface area contributed by atoms with E-state index in [4.69, 9.17) is 20.6 Å². The zero-order valence-corrected chi connectivity index (χ0v) is 18.4. The van der Waals surface area contributed by atoms with Gasteiger partial charge in [-0.05, 0) is 54.4 Å². The first kappa shape index (κ1) is 22.7. The van der Waals surface area contributed by atoms with Crippen molar-refractivity contribution in [1.29, 1.82) is 5.41 Å². The highest BCUT2D eigenvalue weighted by Gasteiger charge is 2.23. The molecule has 166 valence electrons. The van der Waals surface area contributed by atoms with Gasteiger partial charge in [-0.3, -0.25) is 10.2 Å². The average Bonchev–Trinajstić information content (AvgIpc) is 2.82. The molecule has 1 amide bonds. The van der Waals surface area contributed by atoms with E-state index >= 15 is 0 Å². The highest BCUT2D eigenvalue weighted by molar-refractivity contribution is 5.95. The summed E-state index contributed by atoms with van der Waals surface area (Å²) in [6.07, 6.45) is 0. The van der Waals surface area contributed by atoms with E-state index in [1.165, 1.54) is 0 Å². The van der Waals surface area contributed by atoms with Crippen LogP contribution >= 0.6 is 0 Å². The lowest BCUT2D eigenvalue weighted by Crippen LogP contribution is -2.33. The van der Waals surface area contributed by atoms with Crippen molar-refractivity contribution in [2.45, 2.75) is 19.5 Å². The first-order chi connectivity index (χ1) is 15.4. The topological polar surface area (TPSA) is 109 Å². The molecule has 0 saturated heterocycles. The number of nitrogens with one attached hydrogen (secondary N) is 3. The maximum atomic E-state index is 13.3. The number of ether oxygens (including phenoxy) is 2.